The van der Waals surface area contributed by atoms with Crippen molar-refractivity contribution in [2.75, 3.05) is 26.2 Å². The second kappa shape index (κ2) is 12.2. The fourth-order valence-corrected chi connectivity index (χ4v) is 3.75. The molecule has 0 spiro atoms. The van der Waals surface area contributed by atoms with Gasteiger partial charge in [0.05, 0.1) is 24.5 Å². The van der Waals surface area contributed by atoms with E-state index in [0.29, 0.717) is 6.54 Å². The number of aliphatic imine (C=N–C) groups is 1. The van der Waals surface area contributed by atoms with Crippen LogP contribution in [0.1, 0.15) is 62.4 Å². The monoisotopic (exact) mass is 515 g/mol. The quantitative estimate of drug-likeness (QED) is 0.300. The van der Waals surface area contributed by atoms with E-state index < -0.39 is 0 Å². The van der Waals surface area contributed by atoms with Crippen LogP contribution in [0.25, 0.3) is 0 Å². The molecular weight excluding hydrogens is 481 g/mol. The van der Waals surface area contributed by atoms with Crippen LogP contribution in [-0.2, 0) is 19.4 Å². The number of hydrogen-bond donors (Lipinski definition) is 2. The molecule has 1 fully saturated rings. The average Bonchev–Trinajstić information content (AvgIpc) is 3.47. The van der Waals surface area contributed by atoms with Crippen molar-refractivity contribution in [2.45, 2.75) is 59.0 Å². The highest BCUT2D eigenvalue weighted by Crippen LogP contribution is 2.25. The summed E-state index contributed by atoms with van der Waals surface area (Å²) in [6, 6.07) is 4.24. The standard InChI is InChI=1S/C21H33N5O2.HI/c1-4-17-16(19(5-2)28-25-17)14-23-21(22-6-3)24-15-18(20-10-9-13-27-20)26-11-7-8-12-26;/h9-10,13,18H,4-8,11-12,14-15H2,1-3H3,(H2,22,23,24);1H. The minimum atomic E-state index is 0. The van der Waals surface area contributed by atoms with Crippen LogP contribution in [0.15, 0.2) is 32.3 Å². The maximum Gasteiger partial charge on any atom is 0.191 e. The van der Waals surface area contributed by atoms with Gasteiger partial charge in [-0.15, -0.1) is 24.0 Å². The van der Waals surface area contributed by atoms with E-state index in [1.54, 1.807) is 6.26 Å². The molecule has 7 nitrogen and oxygen atoms in total. The fraction of sp³-hybridized carbons (Fsp3) is 0.619. The van der Waals surface area contributed by atoms with Gasteiger partial charge in [0.25, 0.3) is 0 Å². The lowest BCUT2D eigenvalue weighted by Crippen LogP contribution is -2.42. The molecule has 162 valence electrons. The van der Waals surface area contributed by atoms with E-state index in [0.717, 1.165) is 67.8 Å². The summed E-state index contributed by atoms with van der Waals surface area (Å²) in [6.07, 6.45) is 5.93. The predicted octanol–water partition coefficient (Wildman–Crippen LogP) is 3.90. The summed E-state index contributed by atoms with van der Waals surface area (Å²) in [7, 11) is 0. The van der Waals surface area contributed by atoms with Crippen molar-refractivity contribution in [1.82, 2.24) is 20.7 Å². The Hall–Kier alpha value is -1.55. The molecule has 3 heterocycles. The van der Waals surface area contributed by atoms with Crippen LogP contribution in [0.4, 0.5) is 0 Å². The number of furan rings is 1. The number of nitrogens with one attached hydrogen (secondary N) is 2. The Labute approximate surface area is 190 Å². The lowest BCUT2D eigenvalue weighted by Gasteiger charge is -2.26. The number of guanidine groups is 1. The minimum Gasteiger partial charge on any atom is -0.468 e. The lowest BCUT2D eigenvalue weighted by molar-refractivity contribution is 0.215. The van der Waals surface area contributed by atoms with Gasteiger partial charge in [-0.05, 0) is 51.4 Å². The van der Waals surface area contributed by atoms with Crippen LogP contribution in [0.3, 0.4) is 0 Å². The van der Waals surface area contributed by atoms with Gasteiger partial charge >= 0.3 is 0 Å². The van der Waals surface area contributed by atoms with Crippen LogP contribution in [-0.4, -0.2) is 42.2 Å². The zero-order chi connectivity index (χ0) is 19.8. The van der Waals surface area contributed by atoms with Crippen molar-refractivity contribution < 1.29 is 8.94 Å². The van der Waals surface area contributed by atoms with Crippen LogP contribution in [0, 0.1) is 0 Å². The second-order valence-corrected chi connectivity index (χ2v) is 7.09. The highest BCUT2D eigenvalue weighted by atomic mass is 127. The van der Waals surface area contributed by atoms with Crippen LogP contribution in [0.5, 0.6) is 0 Å². The van der Waals surface area contributed by atoms with Gasteiger partial charge in [-0.25, -0.2) is 4.99 Å². The summed E-state index contributed by atoms with van der Waals surface area (Å²) in [4.78, 5) is 7.28. The number of aryl methyl sites for hydroxylation is 2. The number of aromatic nitrogens is 1. The maximum atomic E-state index is 5.72. The van der Waals surface area contributed by atoms with Gasteiger partial charge in [0.1, 0.15) is 11.5 Å². The van der Waals surface area contributed by atoms with Crippen molar-refractivity contribution in [3.05, 3.63) is 41.2 Å². The first kappa shape index (κ1) is 23.7. The molecule has 2 aromatic heterocycles. The first-order valence-electron chi connectivity index (χ1n) is 10.5. The lowest BCUT2D eigenvalue weighted by atomic mass is 10.1. The first-order chi connectivity index (χ1) is 13.8. The first-order valence-corrected chi connectivity index (χ1v) is 10.5. The largest absolute Gasteiger partial charge is 0.468 e. The van der Waals surface area contributed by atoms with E-state index in [1.807, 2.05) is 6.07 Å². The number of hydrogen-bond acceptors (Lipinski definition) is 5. The van der Waals surface area contributed by atoms with Gasteiger partial charge < -0.3 is 19.6 Å². The zero-order valence-electron chi connectivity index (χ0n) is 17.7. The second-order valence-electron chi connectivity index (χ2n) is 7.09. The van der Waals surface area contributed by atoms with E-state index >= 15 is 0 Å². The smallest absolute Gasteiger partial charge is 0.191 e. The van der Waals surface area contributed by atoms with Crippen LogP contribution < -0.4 is 10.6 Å². The molecule has 0 saturated carbocycles. The van der Waals surface area contributed by atoms with Gasteiger partial charge in [0.2, 0.25) is 0 Å². The van der Waals surface area contributed by atoms with Crippen molar-refractivity contribution in [3.63, 3.8) is 0 Å². The third-order valence-electron chi connectivity index (χ3n) is 5.26. The average molecular weight is 515 g/mol. The molecule has 1 saturated heterocycles. The van der Waals surface area contributed by atoms with Crippen LogP contribution >= 0.6 is 24.0 Å². The SMILES string of the molecule is CCNC(=NCc1c(CC)noc1CC)NCC(c1ccco1)N1CCCC1.I. The molecule has 0 bridgehead atoms. The van der Waals surface area contributed by atoms with Gasteiger partial charge in [-0.2, -0.15) is 0 Å². The summed E-state index contributed by atoms with van der Waals surface area (Å²) in [5, 5.41) is 11.0. The summed E-state index contributed by atoms with van der Waals surface area (Å²) in [5.74, 6) is 2.75. The van der Waals surface area contributed by atoms with Crippen molar-refractivity contribution in [1.29, 1.82) is 0 Å². The van der Waals surface area contributed by atoms with Crippen molar-refractivity contribution in [3.8, 4) is 0 Å². The third-order valence-corrected chi connectivity index (χ3v) is 5.26. The fourth-order valence-electron chi connectivity index (χ4n) is 3.75. The summed E-state index contributed by atoms with van der Waals surface area (Å²) < 4.78 is 11.2. The third kappa shape index (κ3) is 6.21. The number of likely N-dealkylation sites (tertiary alicyclic amines) is 1. The van der Waals surface area contributed by atoms with Gasteiger partial charge in [-0.3, -0.25) is 4.90 Å². The molecule has 1 unspecified atom stereocenters. The summed E-state index contributed by atoms with van der Waals surface area (Å²) in [6.45, 7) is 10.6. The Morgan fingerprint density at radius 3 is 2.62 bits per heavy atom. The van der Waals surface area contributed by atoms with Gasteiger partial charge in [0, 0.05) is 25.1 Å². The molecular formula is C21H34IN5O2. The Balaban J connectivity index is 0.00000300. The number of rotatable bonds is 9. The Kier molecular flexibility index (Phi) is 9.99. The van der Waals surface area contributed by atoms with Gasteiger partial charge in [0.15, 0.2) is 5.96 Å². The van der Waals surface area contributed by atoms with Crippen molar-refractivity contribution in [2.24, 2.45) is 4.99 Å². The highest BCUT2D eigenvalue weighted by Gasteiger charge is 2.25. The molecule has 0 amide bonds. The zero-order valence-corrected chi connectivity index (χ0v) is 20.1. The van der Waals surface area contributed by atoms with E-state index in [9.17, 15) is 0 Å². The number of nitrogens with zero attached hydrogens (tertiary/aromatic N) is 3. The highest BCUT2D eigenvalue weighted by molar-refractivity contribution is 14.0. The molecule has 29 heavy (non-hydrogen) atoms. The molecule has 1 aliphatic rings. The summed E-state index contributed by atoms with van der Waals surface area (Å²) >= 11 is 0. The molecule has 1 aliphatic heterocycles. The minimum absolute atomic E-state index is 0. The summed E-state index contributed by atoms with van der Waals surface area (Å²) in [5.41, 5.74) is 2.12. The van der Waals surface area contributed by atoms with E-state index in [4.69, 9.17) is 13.9 Å². The Morgan fingerprint density at radius 2 is 2.00 bits per heavy atom. The molecule has 1 atom stereocenters. The van der Waals surface area contributed by atoms with E-state index in [2.05, 4.69) is 47.5 Å². The van der Waals surface area contributed by atoms with E-state index in [1.165, 1.54) is 12.8 Å². The maximum absolute atomic E-state index is 5.72. The predicted molar refractivity (Wildman–Crippen MR) is 126 cm³/mol. The number of halogens is 1. The Bertz CT molecular complexity index is 717. The molecule has 2 aromatic rings. The molecule has 0 radical (unpaired) electrons. The Morgan fingerprint density at radius 1 is 1.21 bits per heavy atom. The van der Waals surface area contributed by atoms with Gasteiger partial charge in [-0.1, -0.05) is 19.0 Å². The molecule has 2 N–H and O–H groups in total. The van der Waals surface area contributed by atoms with E-state index in [-0.39, 0.29) is 30.0 Å². The van der Waals surface area contributed by atoms with Crippen LogP contribution in [0.2, 0.25) is 0 Å². The molecule has 0 aliphatic carbocycles. The normalized spacial score (nSPS) is 15.9. The van der Waals surface area contributed by atoms with Crippen molar-refractivity contribution >= 4 is 29.9 Å². The molecule has 3 rings (SSSR count). The topological polar surface area (TPSA) is 78.8 Å². The molecule has 0 aromatic carbocycles. The molecule has 8 heteroatoms.